The first kappa shape index (κ1) is 20.5. The van der Waals surface area contributed by atoms with Crippen molar-refractivity contribution >= 4 is 17.5 Å². The number of nitrogens with zero attached hydrogens (tertiary/aromatic N) is 2. The van der Waals surface area contributed by atoms with Gasteiger partial charge in [0, 0.05) is 30.8 Å². The zero-order valence-electron chi connectivity index (χ0n) is 18.0. The molecule has 0 radical (unpaired) electrons. The van der Waals surface area contributed by atoms with Crippen LogP contribution in [0.3, 0.4) is 0 Å². The van der Waals surface area contributed by atoms with Gasteiger partial charge < -0.3 is 14.5 Å². The van der Waals surface area contributed by atoms with Gasteiger partial charge in [0.15, 0.2) is 0 Å². The standard InChI is InChI=1S/C25H30N2O3/c1-17-8-10-19(11-9-17)27-23(28)13-12-21(25(29)26-15-14-18(2)16-26)24(27)20-6-4-5-7-22(20)30-3/h4-11,18,21,24H,12-16H2,1-3H3. The molecule has 2 aromatic carbocycles. The summed E-state index contributed by atoms with van der Waals surface area (Å²) in [6.07, 6.45) is 1.98. The van der Waals surface area contributed by atoms with Gasteiger partial charge in [0.1, 0.15) is 5.75 Å². The number of aryl methyl sites for hydroxylation is 1. The van der Waals surface area contributed by atoms with Crippen LogP contribution < -0.4 is 9.64 Å². The highest BCUT2D eigenvalue weighted by molar-refractivity contribution is 5.97. The number of rotatable bonds is 4. The number of amides is 2. The Kier molecular flexibility index (Phi) is 5.80. The smallest absolute Gasteiger partial charge is 0.228 e. The summed E-state index contributed by atoms with van der Waals surface area (Å²) in [6.45, 7) is 5.81. The molecule has 0 bridgehead atoms. The van der Waals surface area contributed by atoms with E-state index in [0.29, 0.717) is 24.5 Å². The molecule has 4 rings (SSSR count). The van der Waals surface area contributed by atoms with Crippen LogP contribution in [0.25, 0.3) is 0 Å². The predicted octanol–water partition coefficient (Wildman–Crippen LogP) is 4.36. The Hall–Kier alpha value is -2.82. The normalized spacial score (nSPS) is 24.2. The molecule has 2 amide bonds. The number of carbonyl (C=O) groups excluding carboxylic acids is 2. The molecule has 2 heterocycles. The summed E-state index contributed by atoms with van der Waals surface area (Å²) in [6, 6.07) is 15.3. The third-order valence-electron chi connectivity index (χ3n) is 6.42. The van der Waals surface area contributed by atoms with Gasteiger partial charge in [0.25, 0.3) is 0 Å². The van der Waals surface area contributed by atoms with Crippen LogP contribution in [-0.2, 0) is 9.59 Å². The van der Waals surface area contributed by atoms with E-state index < -0.39 is 0 Å². The Morgan fingerprint density at radius 3 is 2.47 bits per heavy atom. The molecule has 0 aromatic heterocycles. The van der Waals surface area contributed by atoms with Crippen LogP contribution in [0.5, 0.6) is 5.75 Å². The Balaban J connectivity index is 1.80. The quantitative estimate of drug-likeness (QED) is 0.758. The van der Waals surface area contributed by atoms with Crippen LogP contribution in [0.4, 0.5) is 5.69 Å². The number of carbonyl (C=O) groups is 2. The topological polar surface area (TPSA) is 49.9 Å². The molecular weight excluding hydrogens is 376 g/mol. The maximum Gasteiger partial charge on any atom is 0.228 e. The van der Waals surface area contributed by atoms with E-state index in [-0.39, 0.29) is 23.8 Å². The Morgan fingerprint density at radius 2 is 1.80 bits per heavy atom. The average molecular weight is 407 g/mol. The zero-order valence-corrected chi connectivity index (χ0v) is 18.0. The summed E-state index contributed by atoms with van der Waals surface area (Å²) < 4.78 is 5.64. The van der Waals surface area contributed by atoms with E-state index >= 15 is 0 Å². The van der Waals surface area contributed by atoms with Crippen molar-refractivity contribution in [2.24, 2.45) is 11.8 Å². The van der Waals surface area contributed by atoms with E-state index in [1.165, 1.54) is 0 Å². The molecule has 0 aliphatic carbocycles. The molecule has 2 aliphatic heterocycles. The zero-order chi connectivity index (χ0) is 21.3. The minimum Gasteiger partial charge on any atom is -0.496 e. The van der Waals surface area contributed by atoms with Crippen molar-refractivity contribution in [3.8, 4) is 5.75 Å². The molecule has 0 N–H and O–H groups in total. The van der Waals surface area contributed by atoms with E-state index in [0.717, 1.165) is 36.3 Å². The van der Waals surface area contributed by atoms with Crippen molar-refractivity contribution in [3.63, 3.8) is 0 Å². The molecule has 5 nitrogen and oxygen atoms in total. The van der Waals surface area contributed by atoms with Crippen molar-refractivity contribution < 1.29 is 14.3 Å². The lowest BCUT2D eigenvalue weighted by atomic mass is 9.82. The third kappa shape index (κ3) is 3.81. The SMILES string of the molecule is COc1ccccc1C1C(C(=O)N2CCC(C)C2)CCC(=O)N1c1ccc(C)cc1. The van der Waals surface area contributed by atoms with Gasteiger partial charge in [-0.3, -0.25) is 9.59 Å². The second-order valence-corrected chi connectivity index (χ2v) is 8.61. The summed E-state index contributed by atoms with van der Waals surface area (Å²) >= 11 is 0. The summed E-state index contributed by atoms with van der Waals surface area (Å²) in [4.78, 5) is 30.6. The first-order valence-corrected chi connectivity index (χ1v) is 10.8. The summed E-state index contributed by atoms with van der Waals surface area (Å²) in [7, 11) is 1.64. The fourth-order valence-electron chi connectivity index (χ4n) is 4.80. The summed E-state index contributed by atoms with van der Waals surface area (Å²) in [5.41, 5.74) is 2.85. The number of hydrogen-bond acceptors (Lipinski definition) is 3. The van der Waals surface area contributed by atoms with Crippen molar-refractivity contribution in [2.75, 3.05) is 25.1 Å². The fraction of sp³-hybridized carbons (Fsp3) is 0.440. The van der Waals surface area contributed by atoms with Gasteiger partial charge in [0.2, 0.25) is 11.8 Å². The van der Waals surface area contributed by atoms with E-state index in [4.69, 9.17) is 4.74 Å². The minimum absolute atomic E-state index is 0.0496. The van der Waals surface area contributed by atoms with Gasteiger partial charge in [-0.25, -0.2) is 0 Å². The van der Waals surface area contributed by atoms with Crippen LogP contribution in [0.15, 0.2) is 48.5 Å². The number of methoxy groups -OCH3 is 1. The number of piperidine rings is 1. The van der Waals surface area contributed by atoms with E-state index in [1.807, 2.05) is 65.3 Å². The first-order chi connectivity index (χ1) is 14.5. The van der Waals surface area contributed by atoms with Gasteiger partial charge in [0.05, 0.1) is 19.1 Å². The van der Waals surface area contributed by atoms with E-state index in [1.54, 1.807) is 7.11 Å². The monoisotopic (exact) mass is 406 g/mol. The van der Waals surface area contributed by atoms with E-state index in [9.17, 15) is 9.59 Å². The number of anilines is 1. The van der Waals surface area contributed by atoms with Gasteiger partial charge >= 0.3 is 0 Å². The van der Waals surface area contributed by atoms with Gasteiger partial charge in [-0.05, 0) is 43.9 Å². The average Bonchev–Trinajstić information content (AvgIpc) is 3.20. The summed E-state index contributed by atoms with van der Waals surface area (Å²) in [5.74, 6) is 1.15. The van der Waals surface area contributed by atoms with Crippen LogP contribution in [0, 0.1) is 18.8 Å². The highest BCUT2D eigenvalue weighted by atomic mass is 16.5. The number of likely N-dealkylation sites (tertiary alicyclic amines) is 1. The van der Waals surface area contributed by atoms with Gasteiger partial charge in [-0.2, -0.15) is 0 Å². The van der Waals surface area contributed by atoms with Crippen molar-refractivity contribution in [1.82, 2.24) is 4.90 Å². The maximum atomic E-state index is 13.6. The molecule has 2 aromatic rings. The van der Waals surface area contributed by atoms with Crippen LogP contribution >= 0.6 is 0 Å². The fourth-order valence-corrected chi connectivity index (χ4v) is 4.80. The van der Waals surface area contributed by atoms with Crippen LogP contribution in [-0.4, -0.2) is 36.9 Å². The largest absolute Gasteiger partial charge is 0.496 e. The molecule has 2 fully saturated rings. The number of hydrogen-bond donors (Lipinski definition) is 0. The molecule has 2 aliphatic rings. The van der Waals surface area contributed by atoms with Crippen LogP contribution in [0.2, 0.25) is 0 Å². The maximum absolute atomic E-state index is 13.6. The lowest BCUT2D eigenvalue weighted by molar-refractivity contribution is -0.137. The van der Waals surface area contributed by atoms with E-state index in [2.05, 4.69) is 6.92 Å². The highest BCUT2D eigenvalue weighted by Gasteiger charge is 2.44. The second kappa shape index (κ2) is 8.50. The lowest BCUT2D eigenvalue weighted by Crippen LogP contribution is -2.49. The molecule has 30 heavy (non-hydrogen) atoms. The molecule has 5 heteroatoms. The van der Waals surface area contributed by atoms with Crippen molar-refractivity contribution in [1.29, 1.82) is 0 Å². The molecule has 3 atom stereocenters. The molecule has 0 saturated carbocycles. The lowest BCUT2D eigenvalue weighted by Gasteiger charge is -2.42. The number of benzene rings is 2. The second-order valence-electron chi connectivity index (χ2n) is 8.61. The third-order valence-corrected chi connectivity index (χ3v) is 6.42. The van der Waals surface area contributed by atoms with Crippen molar-refractivity contribution in [2.45, 2.75) is 39.2 Å². The van der Waals surface area contributed by atoms with Crippen LogP contribution in [0.1, 0.15) is 43.4 Å². The molecule has 2 saturated heterocycles. The predicted molar refractivity (Wildman–Crippen MR) is 117 cm³/mol. The van der Waals surface area contributed by atoms with Gasteiger partial charge in [-0.1, -0.05) is 42.8 Å². The molecule has 3 unspecified atom stereocenters. The van der Waals surface area contributed by atoms with Crippen molar-refractivity contribution in [3.05, 3.63) is 59.7 Å². The van der Waals surface area contributed by atoms with Gasteiger partial charge in [-0.15, -0.1) is 0 Å². The molecule has 0 spiro atoms. The molecular formula is C25H30N2O3. The first-order valence-electron chi connectivity index (χ1n) is 10.8. The number of para-hydroxylation sites is 1. The Bertz CT molecular complexity index is 924. The molecule has 158 valence electrons. The number of ether oxygens (including phenoxy) is 1. The summed E-state index contributed by atoms with van der Waals surface area (Å²) in [5, 5.41) is 0. The minimum atomic E-state index is -0.381. The highest BCUT2D eigenvalue weighted by Crippen LogP contribution is 2.44. The Labute approximate surface area is 178 Å². The Morgan fingerprint density at radius 1 is 1.07 bits per heavy atom.